The fourth-order valence-electron chi connectivity index (χ4n) is 3.74. The third kappa shape index (κ3) is 16.7. The van der Waals surface area contributed by atoms with Crippen LogP contribution < -0.4 is 16.4 Å². The quantitative estimate of drug-likeness (QED) is 0.214. The minimum atomic E-state index is -1.13. The summed E-state index contributed by atoms with van der Waals surface area (Å²) in [5.41, 5.74) is 6.46. The molecule has 5 N–H and O–H groups in total. The van der Waals surface area contributed by atoms with E-state index in [0.29, 0.717) is 5.56 Å². The number of hydrogen-bond donors (Lipinski definition) is 4. The van der Waals surface area contributed by atoms with Crippen LogP contribution in [0.3, 0.4) is 0 Å². The number of amides is 2. The van der Waals surface area contributed by atoms with Crippen molar-refractivity contribution in [3.05, 3.63) is 108 Å². The van der Waals surface area contributed by atoms with Crippen LogP contribution in [0, 0.1) is 0 Å². The van der Waals surface area contributed by atoms with Crippen LogP contribution in [0.5, 0.6) is 0 Å². The lowest BCUT2D eigenvalue weighted by Gasteiger charge is -2.22. The Morgan fingerprint density at radius 3 is 1.19 bits per heavy atom. The molecule has 3 aromatic carbocycles. The molecule has 0 aromatic heterocycles. The number of carboxylic acids is 1. The van der Waals surface area contributed by atoms with Gasteiger partial charge in [-0.3, -0.25) is 9.59 Å². The second kappa shape index (κ2) is 18.8. The van der Waals surface area contributed by atoms with Crippen molar-refractivity contribution in [1.29, 1.82) is 0 Å². The van der Waals surface area contributed by atoms with Gasteiger partial charge in [0.15, 0.2) is 17.6 Å². The molecule has 0 saturated heterocycles. The Balaban J connectivity index is 0.000000364. The molecule has 0 saturated carbocycles. The second-order valence-electron chi connectivity index (χ2n) is 12.4. The van der Waals surface area contributed by atoms with Gasteiger partial charge in [-0.05, 0) is 72.1 Å². The smallest absolute Gasteiger partial charge is 0.408 e. The van der Waals surface area contributed by atoms with E-state index in [-0.39, 0.29) is 11.6 Å². The largest absolute Gasteiger partial charge is 0.479 e. The number of alkyl carbamates (subject to hydrolysis) is 2. The lowest BCUT2D eigenvalue weighted by molar-refractivity contribution is -0.139. The molecule has 0 fully saturated rings. The molecular weight excluding hydrogens is 602 g/mol. The van der Waals surface area contributed by atoms with Crippen molar-refractivity contribution in [3.8, 4) is 0 Å². The third-order valence-corrected chi connectivity index (χ3v) is 5.84. The zero-order chi connectivity index (χ0) is 35.8. The molecule has 3 aromatic rings. The minimum absolute atomic E-state index is 0.00352. The van der Waals surface area contributed by atoms with Gasteiger partial charge in [-0.2, -0.15) is 0 Å². The predicted octanol–water partition coefficient (Wildman–Crippen LogP) is 6.45. The van der Waals surface area contributed by atoms with E-state index in [1.807, 2.05) is 48.5 Å². The van der Waals surface area contributed by atoms with Gasteiger partial charge in [0.25, 0.3) is 0 Å². The van der Waals surface area contributed by atoms with Crippen LogP contribution in [-0.2, 0) is 23.9 Å². The molecule has 11 nitrogen and oxygen atoms in total. The van der Waals surface area contributed by atoms with Crippen LogP contribution in [-0.4, -0.2) is 46.0 Å². The van der Waals surface area contributed by atoms with Gasteiger partial charge in [-0.1, -0.05) is 91.0 Å². The van der Waals surface area contributed by atoms with Crippen molar-refractivity contribution >= 4 is 29.7 Å². The summed E-state index contributed by atoms with van der Waals surface area (Å²) in [6.45, 7) is 13.4. The molecule has 0 spiro atoms. The van der Waals surface area contributed by atoms with Gasteiger partial charge in [-0.15, -0.1) is 0 Å². The van der Waals surface area contributed by atoms with E-state index < -0.39 is 47.5 Å². The predicted molar refractivity (Wildman–Crippen MR) is 179 cm³/mol. The number of carbonyl (C=O) groups is 5. The average molecular weight is 650 g/mol. The molecule has 254 valence electrons. The van der Waals surface area contributed by atoms with Crippen molar-refractivity contribution < 1.29 is 38.6 Å². The Hall–Kier alpha value is -5.03. The summed E-state index contributed by atoms with van der Waals surface area (Å²) in [5, 5.41) is 14.0. The first-order valence-electron chi connectivity index (χ1n) is 14.9. The van der Waals surface area contributed by atoms with Crippen LogP contribution in [0.15, 0.2) is 91.0 Å². The zero-order valence-corrected chi connectivity index (χ0v) is 28.3. The van der Waals surface area contributed by atoms with Crippen LogP contribution in [0.4, 0.5) is 9.59 Å². The van der Waals surface area contributed by atoms with E-state index in [4.69, 9.17) is 20.3 Å². The number of ether oxygens (including phenoxy) is 2. The van der Waals surface area contributed by atoms with E-state index >= 15 is 0 Å². The fraction of sp³-hybridized carbons (Fsp3) is 0.361. The highest BCUT2D eigenvalue weighted by Gasteiger charge is 2.25. The number of carbonyl (C=O) groups excluding carboxylic acids is 4. The Kier molecular flexibility index (Phi) is 16.0. The molecule has 0 radical (unpaired) electrons. The maximum Gasteiger partial charge on any atom is 0.408 e. The van der Waals surface area contributed by atoms with Crippen LogP contribution in [0.1, 0.15) is 90.2 Å². The summed E-state index contributed by atoms with van der Waals surface area (Å²) in [7, 11) is 0. The van der Waals surface area contributed by atoms with Crippen molar-refractivity contribution in [2.75, 3.05) is 0 Å². The summed E-state index contributed by atoms with van der Waals surface area (Å²) in [6.07, 6.45) is -1.34. The number of nitrogens with two attached hydrogens (primary N) is 1. The molecule has 3 atom stereocenters. The highest BCUT2D eigenvalue weighted by molar-refractivity contribution is 5.86. The summed E-state index contributed by atoms with van der Waals surface area (Å²) in [6, 6.07) is 24.7. The molecule has 0 unspecified atom stereocenters. The summed E-state index contributed by atoms with van der Waals surface area (Å²) in [4.78, 5) is 56.7. The average Bonchev–Trinajstić information content (AvgIpc) is 2.98. The third-order valence-electron chi connectivity index (χ3n) is 5.84. The molecular formula is C36H47N3O8. The van der Waals surface area contributed by atoms with E-state index in [1.165, 1.54) is 13.8 Å². The number of nitrogens with one attached hydrogen (secondary N) is 2. The lowest BCUT2D eigenvalue weighted by Crippen LogP contribution is -2.38. The van der Waals surface area contributed by atoms with Gasteiger partial charge in [0.05, 0.1) is 6.04 Å². The van der Waals surface area contributed by atoms with Gasteiger partial charge >= 0.3 is 18.2 Å². The molecule has 0 aliphatic heterocycles. The second-order valence-corrected chi connectivity index (χ2v) is 12.4. The van der Waals surface area contributed by atoms with E-state index in [9.17, 15) is 24.0 Å². The Bertz CT molecular complexity index is 1350. The van der Waals surface area contributed by atoms with Crippen molar-refractivity contribution in [1.82, 2.24) is 10.6 Å². The number of Topliss-reactive ketones (excluding diaryl/α,β-unsaturated/α-hetero) is 2. The van der Waals surface area contributed by atoms with Crippen molar-refractivity contribution in [3.63, 3.8) is 0 Å². The lowest BCUT2D eigenvalue weighted by atomic mass is 10.0. The Morgan fingerprint density at radius 2 is 0.894 bits per heavy atom. The number of aliphatic carboxylic acids is 1. The molecule has 0 aliphatic carbocycles. The fourth-order valence-corrected chi connectivity index (χ4v) is 3.74. The number of hydrogen-bond acceptors (Lipinski definition) is 8. The molecule has 0 bridgehead atoms. The number of ketones is 2. The summed E-state index contributed by atoms with van der Waals surface area (Å²) < 4.78 is 10.2. The van der Waals surface area contributed by atoms with Crippen molar-refractivity contribution in [2.45, 2.75) is 84.7 Å². The minimum Gasteiger partial charge on any atom is -0.479 e. The molecule has 3 rings (SSSR count). The maximum atomic E-state index is 11.7. The topological polar surface area (TPSA) is 174 Å². The SMILES string of the molecule is CC(=O)[C@@H](N)c1ccccc1.CC(=O)[C@@H](NC(=O)OC(C)(C)C)c1ccccc1.CC(C)(C)OC(=O)N[C@H](C(=O)O)c1ccccc1. The van der Waals surface area contributed by atoms with Crippen molar-refractivity contribution in [2.24, 2.45) is 5.73 Å². The van der Waals surface area contributed by atoms with Crippen LogP contribution in [0.25, 0.3) is 0 Å². The molecule has 2 amide bonds. The Labute approximate surface area is 276 Å². The molecule has 11 heteroatoms. The van der Waals surface area contributed by atoms with E-state index in [2.05, 4.69) is 10.6 Å². The standard InChI is InChI=1S/C14H19NO3.C13H17NO4.C9H11NO/c1-10(16)12(11-8-6-5-7-9-11)15-13(17)18-14(2,3)4;1-13(2,3)18-12(17)14-10(11(15)16)9-7-5-4-6-8-9;1-7(11)9(10)8-5-3-2-4-6-8/h5-9,12H,1-4H3,(H,15,17);4-8,10H,1-3H3,(H,14,17)(H,15,16);2-6,9H,10H2,1H3/t12-;10-;9-/m101/s1. The monoisotopic (exact) mass is 649 g/mol. The number of carboxylic acid groups (broad SMARTS) is 1. The number of benzene rings is 3. The first-order chi connectivity index (χ1) is 21.8. The van der Waals surface area contributed by atoms with E-state index in [1.54, 1.807) is 84.0 Å². The first kappa shape index (κ1) is 40.0. The van der Waals surface area contributed by atoms with Gasteiger partial charge in [0.2, 0.25) is 0 Å². The van der Waals surface area contributed by atoms with Gasteiger partial charge in [-0.25, -0.2) is 14.4 Å². The molecule has 0 aliphatic rings. The normalized spacial score (nSPS) is 12.6. The van der Waals surface area contributed by atoms with E-state index in [0.717, 1.165) is 11.1 Å². The van der Waals surface area contributed by atoms with Gasteiger partial charge in [0.1, 0.15) is 17.2 Å². The van der Waals surface area contributed by atoms with Gasteiger partial charge < -0.3 is 30.9 Å². The summed E-state index contributed by atoms with van der Waals surface area (Å²) in [5.74, 6) is -1.27. The first-order valence-corrected chi connectivity index (χ1v) is 14.9. The molecule has 0 heterocycles. The van der Waals surface area contributed by atoms with Crippen LogP contribution in [0.2, 0.25) is 0 Å². The van der Waals surface area contributed by atoms with Gasteiger partial charge in [0, 0.05) is 0 Å². The summed E-state index contributed by atoms with van der Waals surface area (Å²) >= 11 is 0. The zero-order valence-electron chi connectivity index (χ0n) is 28.3. The number of rotatable bonds is 8. The Morgan fingerprint density at radius 1 is 0.574 bits per heavy atom. The van der Waals surface area contributed by atoms with Crippen LogP contribution >= 0.6 is 0 Å². The maximum absolute atomic E-state index is 11.7. The highest BCUT2D eigenvalue weighted by Crippen LogP contribution is 2.16. The molecule has 47 heavy (non-hydrogen) atoms. The highest BCUT2D eigenvalue weighted by atomic mass is 16.6.